The molecule has 6 nitrogen and oxygen atoms in total. The van der Waals surface area contributed by atoms with Crippen molar-refractivity contribution >= 4 is 65.6 Å². The summed E-state index contributed by atoms with van der Waals surface area (Å²) >= 11 is 0. The van der Waals surface area contributed by atoms with Crippen LogP contribution in [0.15, 0.2) is 217 Å². The predicted octanol–water partition coefficient (Wildman–Crippen LogP) is 14.6. The zero-order valence-electron chi connectivity index (χ0n) is 33.9. The van der Waals surface area contributed by atoms with E-state index in [0.717, 1.165) is 77.6 Å². The summed E-state index contributed by atoms with van der Waals surface area (Å²) in [5, 5.41) is 6.87. The molecule has 0 saturated heterocycles. The molecular formula is C57H35N5O. The van der Waals surface area contributed by atoms with Crippen molar-refractivity contribution in [2.45, 2.75) is 0 Å². The van der Waals surface area contributed by atoms with Crippen LogP contribution >= 0.6 is 0 Å². The van der Waals surface area contributed by atoms with Gasteiger partial charge < -0.3 is 13.6 Å². The van der Waals surface area contributed by atoms with Crippen molar-refractivity contribution in [3.63, 3.8) is 0 Å². The van der Waals surface area contributed by atoms with Gasteiger partial charge in [-0.25, -0.2) is 15.0 Å². The number of benzene rings is 9. The Bertz CT molecular complexity index is 3860. The highest BCUT2D eigenvalue weighted by Crippen LogP contribution is 2.42. The molecule has 13 aromatic rings. The Morgan fingerprint density at radius 3 is 1.56 bits per heavy atom. The summed E-state index contributed by atoms with van der Waals surface area (Å²) in [4.78, 5) is 15.8. The van der Waals surface area contributed by atoms with Crippen molar-refractivity contribution in [1.82, 2.24) is 24.1 Å². The molecular weight excluding hydrogens is 771 g/mol. The fourth-order valence-corrected chi connectivity index (χ4v) is 9.63. The van der Waals surface area contributed by atoms with Crippen molar-refractivity contribution < 1.29 is 4.42 Å². The number of furan rings is 1. The molecule has 13 rings (SSSR count). The van der Waals surface area contributed by atoms with Gasteiger partial charge in [-0.3, -0.25) is 0 Å². The SMILES string of the molecule is c1ccc(-c2nc(-c3ccccc3-n3c4ccccc4c4ccc(-n5c6ccccc6c6ccccc65)cc43)nc(-c3cccc4c3oc3cccc(-c5ccccc5)c34)n2)cc1. The molecule has 4 heterocycles. The van der Waals surface area contributed by atoms with Crippen molar-refractivity contribution in [3.8, 4) is 56.7 Å². The van der Waals surface area contributed by atoms with Crippen molar-refractivity contribution in [1.29, 1.82) is 0 Å². The Labute approximate surface area is 361 Å². The van der Waals surface area contributed by atoms with Gasteiger partial charge in [0.2, 0.25) is 0 Å². The fraction of sp³-hybridized carbons (Fsp3) is 0. The highest BCUT2D eigenvalue weighted by molar-refractivity contribution is 6.15. The van der Waals surface area contributed by atoms with E-state index in [2.05, 4.69) is 179 Å². The highest BCUT2D eigenvalue weighted by atomic mass is 16.3. The van der Waals surface area contributed by atoms with E-state index in [1.807, 2.05) is 42.5 Å². The van der Waals surface area contributed by atoms with Gasteiger partial charge in [-0.2, -0.15) is 0 Å². The van der Waals surface area contributed by atoms with Gasteiger partial charge in [0.15, 0.2) is 17.5 Å². The second-order valence-electron chi connectivity index (χ2n) is 15.9. The fourth-order valence-electron chi connectivity index (χ4n) is 9.63. The minimum absolute atomic E-state index is 0.537. The smallest absolute Gasteiger partial charge is 0.167 e. The molecule has 0 N–H and O–H groups in total. The third-order valence-corrected chi connectivity index (χ3v) is 12.4. The molecule has 63 heavy (non-hydrogen) atoms. The van der Waals surface area contributed by atoms with Gasteiger partial charge in [0, 0.05) is 49.1 Å². The highest BCUT2D eigenvalue weighted by Gasteiger charge is 2.23. The van der Waals surface area contributed by atoms with Crippen LogP contribution in [-0.2, 0) is 0 Å². The average Bonchev–Trinajstić information content (AvgIpc) is 4.02. The van der Waals surface area contributed by atoms with Crippen molar-refractivity contribution in [2.24, 2.45) is 0 Å². The first-order chi connectivity index (χ1) is 31.3. The van der Waals surface area contributed by atoms with Gasteiger partial charge >= 0.3 is 0 Å². The van der Waals surface area contributed by atoms with Gasteiger partial charge in [-0.05, 0) is 65.7 Å². The van der Waals surface area contributed by atoms with E-state index in [9.17, 15) is 0 Å². The molecule has 294 valence electrons. The van der Waals surface area contributed by atoms with Crippen molar-refractivity contribution in [2.75, 3.05) is 0 Å². The second kappa shape index (κ2) is 14.0. The summed E-state index contributed by atoms with van der Waals surface area (Å²) < 4.78 is 11.5. The topological polar surface area (TPSA) is 61.7 Å². The molecule has 9 aromatic carbocycles. The zero-order valence-corrected chi connectivity index (χ0v) is 33.9. The zero-order chi connectivity index (χ0) is 41.4. The molecule has 0 unspecified atom stereocenters. The third kappa shape index (κ3) is 5.48. The first-order valence-electron chi connectivity index (χ1n) is 21.2. The lowest BCUT2D eigenvalue weighted by molar-refractivity contribution is 0.669. The maximum absolute atomic E-state index is 6.76. The van der Waals surface area contributed by atoms with Crippen LogP contribution in [0.3, 0.4) is 0 Å². The monoisotopic (exact) mass is 805 g/mol. The van der Waals surface area contributed by atoms with E-state index in [1.54, 1.807) is 0 Å². The second-order valence-corrected chi connectivity index (χ2v) is 15.9. The summed E-state index contributed by atoms with van der Waals surface area (Å²) in [6.07, 6.45) is 0. The van der Waals surface area contributed by atoms with Crippen LogP contribution in [0, 0.1) is 0 Å². The number of aromatic nitrogens is 5. The maximum atomic E-state index is 6.76. The molecule has 0 fully saturated rings. The van der Waals surface area contributed by atoms with Crippen LogP contribution in [0.25, 0.3) is 122 Å². The minimum Gasteiger partial charge on any atom is -0.455 e. The lowest BCUT2D eigenvalue weighted by Crippen LogP contribution is -2.04. The number of nitrogens with zero attached hydrogens (tertiary/aromatic N) is 5. The van der Waals surface area contributed by atoms with Gasteiger partial charge in [0.1, 0.15) is 11.2 Å². The number of fused-ring (bicyclic) bond motifs is 9. The lowest BCUT2D eigenvalue weighted by atomic mass is 9.99. The van der Waals surface area contributed by atoms with E-state index in [-0.39, 0.29) is 0 Å². The molecule has 0 spiro atoms. The normalized spacial score (nSPS) is 11.8. The molecule has 0 atom stereocenters. The summed E-state index contributed by atoms with van der Waals surface area (Å²) in [5.74, 6) is 1.69. The van der Waals surface area contributed by atoms with E-state index in [1.165, 1.54) is 27.2 Å². The molecule has 0 amide bonds. The summed E-state index contributed by atoms with van der Waals surface area (Å²) in [7, 11) is 0. The van der Waals surface area contributed by atoms with Crippen LogP contribution in [0.1, 0.15) is 0 Å². The molecule has 4 aromatic heterocycles. The lowest BCUT2D eigenvalue weighted by Gasteiger charge is -2.15. The Morgan fingerprint density at radius 2 is 0.841 bits per heavy atom. The van der Waals surface area contributed by atoms with Crippen LogP contribution in [0.2, 0.25) is 0 Å². The largest absolute Gasteiger partial charge is 0.455 e. The number of hydrogen-bond acceptors (Lipinski definition) is 4. The molecule has 0 radical (unpaired) electrons. The number of rotatable bonds is 6. The van der Waals surface area contributed by atoms with Gasteiger partial charge in [-0.15, -0.1) is 0 Å². The van der Waals surface area contributed by atoms with E-state index in [0.29, 0.717) is 17.5 Å². The number of hydrogen-bond donors (Lipinski definition) is 0. The predicted molar refractivity (Wildman–Crippen MR) is 258 cm³/mol. The Hall–Kier alpha value is -8.61. The van der Waals surface area contributed by atoms with E-state index < -0.39 is 0 Å². The Balaban J connectivity index is 1.05. The van der Waals surface area contributed by atoms with Crippen LogP contribution in [0.4, 0.5) is 0 Å². The van der Waals surface area contributed by atoms with Crippen LogP contribution in [0.5, 0.6) is 0 Å². The van der Waals surface area contributed by atoms with E-state index in [4.69, 9.17) is 19.4 Å². The van der Waals surface area contributed by atoms with Crippen LogP contribution < -0.4 is 0 Å². The Morgan fingerprint density at radius 1 is 0.333 bits per heavy atom. The average molecular weight is 806 g/mol. The Kier molecular flexibility index (Phi) is 7.80. The van der Waals surface area contributed by atoms with Gasteiger partial charge in [0.25, 0.3) is 0 Å². The summed E-state index contributed by atoms with van der Waals surface area (Å²) in [6.45, 7) is 0. The standard InChI is InChI=1S/C57H35N5O/c1-3-17-36(18-4-1)39-25-16-32-52-53(39)45-26-15-27-46(54(45)63-52)57-59-55(37-19-5-2-6-20-37)58-56(60-57)44-24-10-14-31-50(44)62-49-30-13-9-23-42(49)43-34-33-38(35-51(43)62)61-47-28-11-7-21-40(47)41-22-8-12-29-48(41)61/h1-35H. The molecule has 0 aliphatic rings. The first kappa shape index (κ1) is 35.2. The summed E-state index contributed by atoms with van der Waals surface area (Å²) in [5.41, 5.74) is 13.0. The molecule has 0 aliphatic heterocycles. The van der Waals surface area contributed by atoms with Gasteiger partial charge in [-0.1, -0.05) is 158 Å². The third-order valence-electron chi connectivity index (χ3n) is 12.4. The minimum atomic E-state index is 0.537. The first-order valence-corrected chi connectivity index (χ1v) is 21.2. The molecule has 0 bridgehead atoms. The maximum Gasteiger partial charge on any atom is 0.167 e. The van der Waals surface area contributed by atoms with E-state index >= 15 is 0 Å². The molecule has 0 saturated carbocycles. The van der Waals surface area contributed by atoms with Crippen molar-refractivity contribution in [3.05, 3.63) is 212 Å². The molecule has 6 heteroatoms. The van der Waals surface area contributed by atoms with Gasteiger partial charge in [0.05, 0.1) is 33.3 Å². The van der Waals surface area contributed by atoms with Crippen LogP contribution in [-0.4, -0.2) is 24.1 Å². The quantitative estimate of drug-likeness (QED) is 0.168. The number of para-hydroxylation sites is 5. The summed E-state index contributed by atoms with van der Waals surface area (Å²) in [6, 6.07) is 74.3. The molecule has 0 aliphatic carbocycles.